The van der Waals surface area contributed by atoms with Crippen LogP contribution in [0.4, 0.5) is 0 Å². The van der Waals surface area contributed by atoms with Gasteiger partial charge in [-0.3, -0.25) is 14.5 Å². The van der Waals surface area contributed by atoms with E-state index >= 15 is 0 Å². The molecule has 1 N–H and O–H groups in total. The van der Waals surface area contributed by atoms with E-state index in [1.54, 1.807) is 34.9 Å². The summed E-state index contributed by atoms with van der Waals surface area (Å²) in [5, 5.41) is 11.4. The maximum absolute atomic E-state index is 13.7. The monoisotopic (exact) mass is 514 g/mol. The Morgan fingerprint density at radius 1 is 1.16 bits per heavy atom. The fraction of sp³-hybridized carbons (Fsp3) is 0.600. The molecule has 0 unspecified atom stereocenters. The van der Waals surface area contributed by atoms with Gasteiger partial charge in [-0.15, -0.1) is 5.10 Å². The molecule has 2 atom stereocenters. The van der Waals surface area contributed by atoms with E-state index in [9.17, 15) is 9.59 Å². The van der Waals surface area contributed by atoms with Crippen molar-refractivity contribution in [3.8, 4) is 11.5 Å². The molecule has 1 aromatic heterocycles. The molecule has 3 aliphatic rings. The van der Waals surface area contributed by atoms with Crippen LogP contribution in [0.15, 0.2) is 24.4 Å². The van der Waals surface area contributed by atoms with Gasteiger partial charge in [0, 0.05) is 31.7 Å². The van der Waals surface area contributed by atoms with Gasteiger partial charge in [0.05, 0.1) is 57.4 Å². The number of likely N-dealkylation sites (tertiary alicyclic amines) is 1. The van der Waals surface area contributed by atoms with Gasteiger partial charge in [0.15, 0.2) is 11.5 Å². The highest BCUT2D eigenvalue weighted by molar-refractivity contribution is 5.95. The number of aromatic nitrogens is 3. The van der Waals surface area contributed by atoms with Gasteiger partial charge in [-0.1, -0.05) is 5.21 Å². The number of fused-ring (bicyclic) bond motifs is 5. The first-order chi connectivity index (χ1) is 17.8. The molecule has 0 radical (unpaired) electrons. The van der Waals surface area contributed by atoms with Gasteiger partial charge in [-0.25, -0.2) is 4.68 Å². The number of ether oxygens (including phenoxy) is 4. The van der Waals surface area contributed by atoms with Crippen molar-refractivity contribution in [2.75, 3.05) is 53.1 Å². The number of rotatable bonds is 3. The van der Waals surface area contributed by atoms with E-state index in [0.29, 0.717) is 75.3 Å². The molecule has 0 saturated carbocycles. The molecule has 1 aromatic carbocycles. The number of carbonyl (C=O) groups is 2. The van der Waals surface area contributed by atoms with Crippen LogP contribution in [0.3, 0.4) is 0 Å². The van der Waals surface area contributed by atoms with E-state index < -0.39 is 17.7 Å². The standard InChI is InChI=1S/C25H34N6O6/c1-25(2,30-6-9-35-10-7-30)24(33)29-14-19-22(15-29)37-16-18-13-31(28-27-18)8-11-36-21-12-17(23(32)26-19)4-5-20(21)34-3/h4-5,12-13,19,22H,6-11,14-16H2,1-3H3,(H,26,32)/t19-,22-/m0/s1. The topological polar surface area (TPSA) is 120 Å². The quantitative estimate of drug-likeness (QED) is 0.617. The Hall–Kier alpha value is -3.22. The SMILES string of the molecule is COc1ccc2cc1OCCn1cc(nn1)CO[C@H]1CN(C(=O)C(C)(C)N3CCOCC3)C[C@@H]1NC2=O. The average Bonchev–Trinajstić information content (AvgIpc) is 3.53. The van der Waals surface area contributed by atoms with Crippen LogP contribution in [0.2, 0.25) is 0 Å². The molecular formula is C25H34N6O6. The van der Waals surface area contributed by atoms with E-state index in [0.717, 1.165) is 0 Å². The van der Waals surface area contributed by atoms with E-state index in [-0.39, 0.29) is 18.4 Å². The normalized spacial score (nSPS) is 23.3. The van der Waals surface area contributed by atoms with Gasteiger partial charge < -0.3 is 29.2 Å². The first-order valence-corrected chi connectivity index (χ1v) is 12.6. The van der Waals surface area contributed by atoms with Gasteiger partial charge in [0.25, 0.3) is 5.91 Å². The van der Waals surface area contributed by atoms with Crippen LogP contribution in [-0.4, -0.2) is 107 Å². The molecular weight excluding hydrogens is 480 g/mol. The van der Waals surface area contributed by atoms with E-state index in [1.807, 2.05) is 20.0 Å². The Morgan fingerprint density at radius 3 is 2.76 bits per heavy atom. The maximum atomic E-state index is 13.7. The summed E-state index contributed by atoms with van der Waals surface area (Å²) in [7, 11) is 1.55. The molecule has 4 bridgehead atoms. The highest BCUT2D eigenvalue weighted by atomic mass is 16.5. The lowest BCUT2D eigenvalue weighted by Crippen LogP contribution is -2.58. The molecule has 12 heteroatoms. The fourth-order valence-electron chi connectivity index (χ4n) is 5.03. The highest BCUT2D eigenvalue weighted by Gasteiger charge is 2.44. The predicted octanol–water partition coefficient (Wildman–Crippen LogP) is 0.316. The number of hydrogen-bond acceptors (Lipinski definition) is 9. The molecule has 2 aromatic rings. The largest absolute Gasteiger partial charge is 0.493 e. The predicted molar refractivity (Wildman–Crippen MR) is 131 cm³/mol. The molecule has 37 heavy (non-hydrogen) atoms. The Bertz CT molecular complexity index is 1130. The van der Waals surface area contributed by atoms with Crippen molar-refractivity contribution in [2.24, 2.45) is 0 Å². The Labute approximate surface area is 215 Å². The summed E-state index contributed by atoms with van der Waals surface area (Å²) in [5.41, 5.74) is 0.400. The molecule has 200 valence electrons. The highest BCUT2D eigenvalue weighted by Crippen LogP contribution is 2.29. The van der Waals surface area contributed by atoms with Crippen molar-refractivity contribution < 1.29 is 28.5 Å². The molecule has 0 aliphatic carbocycles. The number of benzene rings is 1. The third kappa shape index (κ3) is 5.41. The van der Waals surface area contributed by atoms with E-state index in [1.165, 1.54) is 0 Å². The van der Waals surface area contributed by atoms with Gasteiger partial charge in [0.2, 0.25) is 5.91 Å². The van der Waals surface area contributed by atoms with Crippen LogP contribution in [-0.2, 0) is 27.4 Å². The minimum absolute atomic E-state index is 0.000214. The number of amides is 2. The summed E-state index contributed by atoms with van der Waals surface area (Å²) in [4.78, 5) is 30.9. The maximum Gasteiger partial charge on any atom is 0.251 e. The number of hydrogen-bond donors (Lipinski definition) is 1. The second-order valence-electron chi connectivity index (χ2n) is 9.99. The second-order valence-corrected chi connectivity index (χ2v) is 9.99. The minimum atomic E-state index is -0.699. The van der Waals surface area contributed by atoms with Crippen molar-refractivity contribution in [3.63, 3.8) is 0 Å². The van der Waals surface area contributed by atoms with Crippen molar-refractivity contribution in [1.29, 1.82) is 0 Å². The van der Waals surface area contributed by atoms with Gasteiger partial charge in [-0.05, 0) is 32.0 Å². The summed E-state index contributed by atoms with van der Waals surface area (Å²) >= 11 is 0. The molecule has 4 heterocycles. The first kappa shape index (κ1) is 25.4. The second kappa shape index (κ2) is 10.6. The van der Waals surface area contributed by atoms with Gasteiger partial charge in [-0.2, -0.15) is 0 Å². The molecule has 5 rings (SSSR count). The first-order valence-electron chi connectivity index (χ1n) is 12.6. The zero-order chi connectivity index (χ0) is 26.0. The van der Waals surface area contributed by atoms with E-state index in [4.69, 9.17) is 18.9 Å². The van der Waals surface area contributed by atoms with Crippen molar-refractivity contribution >= 4 is 11.8 Å². The smallest absolute Gasteiger partial charge is 0.251 e. The number of methoxy groups -OCH3 is 1. The zero-order valence-electron chi connectivity index (χ0n) is 21.5. The number of carbonyl (C=O) groups excluding carboxylic acids is 2. The summed E-state index contributed by atoms with van der Waals surface area (Å²) < 4.78 is 24.7. The lowest BCUT2D eigenvalue weighted by Gasteiger charge is -2.41. The number of morpholine rings is 1. The fourth-order valence-corrected chi connectivity index (χ4v) is 5.03. The van der Waals surface area contributed by atoms with Crippen molar-refractivity contribution in [1.82, 2.24) is 30.1 Å². The van der Waals surface area contributed by atoms with Crippen LogP contribution in [0.1, 0.15) is 29.9 Å². The lowest BCUT2D eigenvalue weighted by molar-refractivity contribution is -0.145. The molecule has 3 aliphatic heterocycles. The Kier molecular flexibility index (Phi) is 7.31. The third-order valence-corrected chi connectivity index (χ3v) is 7.23. The van der Waals surface area contributed by atoms with Gasteiger partial charge >= 0.3 is 0 Å². The summed E-state index contributed by atoms with van der Waals surface area (Å²) in [5.74, 6) is 0.727. The van der Waals surface area contributed by atoms with Crippen molar-refractivity contribution in [2.45, 2.75) is 44.7 Å². The van der Waals surface area contributed by atoms with Crippen molar-refractivity contribution in [3.05, 3.63) is 35.7 Å². The zero-order valence-corrected chi connectivity index (χ0v) is 21.5. The van der Waals surface area contributed by atoms with E-state index in [2.05, 4.69) is 20.5 Å². The molecule has 2 saturated heterocycles. The summed E-state index contributed by atoms with van der Waals surface area (Å²) in [6, 6.07) is 4.66. The average molecular weight is 515 g/mol. The summed E-state index contributed by atoms with van der Waals surface area (Å²) in [6.45, 7) is 8.21. The number of nitrogens with zero attached hydrogens (tertiary/aromatic N) is 5. The molecule has 2 amide bonds. The molecule has 12 nitrogen and oxygen atoms in total. The van der Waals surface area contributed by atoms with Crippen LogP contribution in [0.5, 0.6) is 11.5 Å². The van der Waals surface area contributed by atoms with Crippen LogP contribution < -0.4 is 14.8 Å². The minimum Gasteiger partial charge on any atom is -0.493 e. The summed E-state index contributed by atoms with van der Waals surface area (Å²) in [6.07, 6.45) is 1.40. The Balaban J connectivity index is 1.39. The van der Waals surface area contributed by atoms with Crippen LogP contribution in [0.25, 0.3) is 0 Å². The number of nitrogens with one attached hydrogen (secondary N) is 1. The third-order valence-electron chi connectivity index (χ3n) is 7.23. The van der Waals surface area contributed by atoms with Crippen LogP contribution >= 0.6 is 0 Å². The molecule has 0 spiro atoms. The van der Waals surface area contributed by atoms with Crippen LogP contribution in [0, 0.1) is 0 Å². The molecule has 2 fully saturated rings. The lowest BCUT2D eigenvalue weighted by atomic mass is 10.00. The Morgan fingerprint density at radius 2 is 1.97 bits per heavy atom. The van der Waals surface area contributed by atoms with Gasteiger partial charge in [0.1, 0.15) is 12.3 Å².